The first-order valence-corrected chi connectivity index (χ1v) is 9.39. The molecule has 0 saturated heterocycles. The van der Waals surface area contributed by atoms with Crippen molar-refractivity contribution in [1.82, 2.24) is 20.9 Å². The van der Waals surface area contributed by atoms with E-state index in [4.69, 9.17) is 0 Å². The van der Waals surface area contributed by atoms with E-state index in [0.29, 0.717) is 5.54 Å². The fourth-order valence-corrected chi connectivity index (χ4v) is 4.34. The van der Waals surface area contributed by atoms with Gasteiger partial charge in [0.05, 0.1) is 0 Å². The summed E-state index contributed by atoms with van der Waals surface area (Å²) < 4.78 is 0. The Hall–Kier alpha value is -0.590. The highest BCUT2D eigenvalue weighted by Gasteiger charge is 2.36. The standard InChI is InChI=1S/C17H28N4S/c1-3-18-17(9-6-10-17)14-19-20(2)21-11-12-22-16-8-5-4-7-15(16)13-21/h4-5,7-8,18-19H,3,6,9-14H2,1-2H3. The van der Waals surface area contributed by atoms with E-state index in [1.54, 1.807) is 0 Å². The second-order valence-electron chi connectivity index (χ2n) is 6.37. The Balaban J connectivity index is 1.57. The zero-order valence-corrected chi connectivity index (χ0v) is 14.6. The lowest BCUT2D eigenvalue weighted by atomic mass is 9.77. The van der Waals surface area contributed by atoms with E-state index in [9.17, 15) is 0 Å². The minimum Gasteiger partial charge on any atom is -0.310 e. The predicted octanol–water partition coefficient (Wildman–Crippen LogP) is 2.48. The molecule has 0 aromatic heterocycles. The number of thioether (sulfide) groups is 1. The summed E-state index contributed by atoms with van der Waals surface area (Å²) in [4.78, 5) is 1.43. The van der Waals surface area contributed by atoms with Gasteiger partial charge in [-0.1, -0.05) is 25.1 Å². The highest BCUT2D eigenvalue weighted by atomic mass is 32.2. The van der Waals surface area contributed by atoms with E-state index in [-0.39, 0.29) is 0 Å². The van der Waals surface area contributed by atoms with Gasteiger partial charge < -0.3 is 5.32 Å². The molecule has 1 heterocycles. The van der Waals surface area contributed by atoms with Gasteiger partial charge in [0.1, 0.15) is 0 Å². The Morgan fingerprint density at radius 3 is 2.86 bits per heavy atom. The van der Waals surface area contributed by atoms with Gasteiger partial charge in [-0.25, -0.2) is 10.4 Å². The maximum absolute atomic E-state index is 3.67. The molecular weight excluding hydrogens is 292 g/mol. The van der Waals surface area contributed by atoms with E-state index >= 15 is 0 Å². The van der Waals surface area contributed by atoms with Crippen molar-refractivity contribution in [2.24, 2.45) is 0 Å². The molecule has 2 N–H and O–H groups in total. The van der Waals surface area contributed by atoms with Crippen LogP contribution in [0.15, 0.2) is 29.2 Å². The highest BCUT2D eigenvalue weighted by Crippen LogP contribution is 2.31. The van der Waals surface area contributed by atoms with Crippen LogP contribution >= 0.6 is 11.8 Å². The fourth-order valence-electron chi connectivity index (χ4n) is 3.33. The second-order valence-corrected chi connectivity index (χ2v) is 7.50. The van der Waals surface area contributed by atoms with Crippen molar-refractivity contribution in [3.63, 3.8) is 0 Å². The van der Waals surface area contributed by atoms with E-state index in [1.807, 2.05) is 11.8 Å². The zero-order valence-electron chi connectivity index (χ0n) is 13.8. The normalized spacial score (nSPS) is 21.2. The van der Waals surface area contributed by atoms with E-state index in [0.717, 1.165) is 31.9 Å². The van der Waals surface area contributed by atoms with Gasteiger partial charge >= 0.3 is 0 Å². The molecule has 1 aliphatic heterocycles. The fraction of sp³-hybridized carbons (Fsp3) is 0.647. The van der Waals surface area contributed by atoms with Gasteiger partial charge in [-0.2, -0.15) is 5.12 Å². The summed E-state index contributed by atoms with van der Waals surface area (Å²) >= 11 is 1.97. The molecule has 5 heteroatoms. The Morgan fingerprint density at radius 2 is 2.14 bits per heavy atom. The van der Waals surface area contributed by atoms with Crippen molar-refractivity contribution in [3.8, 4) is 0 Å². The average molecular weight is 321 g/mol. The minimum absolute atomic E-state index is 0.321. The molecule has 1 saturated carbocycles. The molecule has 1 aromatic carbocycles. The smallest absolute Gasteiger partial charge is 0.0408 e. The molecule has 22 heavy (non-hydrogen) atoms. The summed E-state index contributed by atoms with van der Waals surface area (Å²) in [5.41, 5.74) is 5.38. The van der Waals surface area contributed by atoms with Crippen LogP contribution in [0.25, 0.3) is 0 Å². The molecule has 1 aliphatic carbocycles. The van der Waals surface area contributed by atoms with Crippen molar-refractivity contribution >= 4 is 11.8 Å². The molecule has 122 valence electrons. The van der Waals surface area contributed by atoms with Crippen LogP contribution in [0.5, 0.6) is 0 Å². The molecule has 2 aliphatic rings. The maximum Gasteiger partial charge on any atom is 0.0408 e. The van der Waals surface area contributed by atoms with Gasteiger partial charge in [0.25, 0.3) is 0 Å². The molecule has 0 radical (unpaired) electrons. The lowest BCUT2D eigenvalue weighted by Crippen LogP contribution is -2.61. The van der Waals surface area contributed by atoms with Crippen LogP contribution in [0.1, 0.15) is 31.7 Å². The number of hydrogen-bond donors (Lipinski definition) is 2. The lowest BCUT2D eigenvalue weighted by Gasteiger charge is -2.44. The number of benzene rings is 1. The zero-order chi connectivity index (χ0) is 15.4. The summed E-state index contributed by atoms with van der Waals surface area (Å²) in [7, 11) is 2.15. The number of likely N-dealkylation sites (N-methyl/N-ethyl adjacent to an activating group) is 1. The summed E-state index contributed by atoms with van der Waals surface area (Å²) in [6.45, 7) is 6.34. The minimum atomic E-state index is 0.321. The number of rotatable bonds is 6. The van der Waals surface area contributed by atoms with Crippen LogP contribution in [-0.2, 0) is 6.54 Å². The Kier molecular flexibility index (Phi) is 5.42. The highest BCUT2D eigenvalue weighted by molar-refractivity contribution is 7.99. The van der Waals surface area contributed by atoms with Crippen LogP contribution in [0.3, 0.4) is 0 Å². The van der Waals surface area contributed by atoms with E-state index < -0.39 is 0 Å². The van der Waals surface area contributed by atoms with Gasteiger partial charge in [-0.3, -0.25) is 0 Å². The maximum atomic E-state index is 3.67. The number of hydrogen-bond acceptors (Lipinski definition) is 5. The van der Waals surface area contributed by atoms with Crippen LogP contribution in [-0.4, -0.2) is 48.1 Å². The topological polar surface area (TPSA) is 30.5 Å². The number of nitrogens with one attached hydrogen (secondary N) is 2. The van der Waals surface area contributed by atoms with Crippen molar-refractivity contribution < 1.29 is 0 Å². The Morgan fingerprint density at radius 1 is 1.32 bits per heavy atom. The molecule has 4 nitrogen and oxygen atoms in total. The molecule has 1 fully saturated rings. The molecule has 3 rings (SSSR count). The summed E-state index contributed by atoms with van der Waals surface area (Å²) in [5.74, 6) is 1.14. The van der Waals surface area contributed by atoms with E-state index in [1.165, 1.54) is 29.7 Å². The average Bonchev–Trinajstić information content (AvgIpc) is 2.71. The van der Waals surface area contributed by atoms with Crippen molar-refractivity contribution in [1.29, 1.82) is 0 Å². The Bertz CT molecular complexity index is 489. The van der Waals surface area contributed by atoms with Gasteiger partial charge in [-0.15, -0.1) is 11.8 Å². The van der Waals surface area contributed by atoms with Gasteiger partial charge in [0, 0.05) is 42.9 Å². The first-order valence-electron chi connectivity index (χ1n) is 8.40. The molecular formula is C17H28N4S. The van der Waals surface area contributed by atoms with Crippen LogP contribution in [0.4, 0.5) is 0 Å². The molecule has 0 bridgehead atoms. The van der Waals surface area contributed by atoms with Crippen LogP contribution in [0, 0.1) is 0 Å². The number of fused-ring (bicyclic) bond motifs is 1. The number of nitrogens with zero attached hydrogens (tertiary/aromatic N) is 2. The van der Waals surface area contributed by atoms with Crippen molar-refractivity contribution in [3.05, 3.63) is 29.8 Å². The van der Waals surface area contributed by atoms with Crippen molar-refractivity contribution in [2.45, 2.75) is 43.2 Å². The van der Waals surface area contributed by atoms with E-state index in [2.05, 4.69) is 59.1 Å². The van der Waals surface area contributed by atoms with Crippen LogP contribution < -0.4 is 10.7 Å². The van der Waals surface area contributed by atoms with Gasteiger partial charge in [0.2, 0.25) is 0 Å². The summed E-state index contributed by atoms with van der Waals surface area (Å²) in [5, 5.41) is 8.29. The third-order valence-corrected chi connectivity index (χ3v) is 5.96. The number of hydrazine groups is 2. The van der Waals surface area contributed by atoms with Crippen LogP contribution in [0.2, 0.25) is 0 Å². The quantitative estimate of drug-likeness (QED) is 0.787. The third-order valence-electron chi connectivity index (χ3n) is 4.87. The predicted molar refractivity (Wildman–Crippen MR) is 93.6 cm³/mol. The molecule has 0 atom stereocenters. The first kappa shape index (κ1) is 16.3. The largest absolute Gasteiger partial charge is 0.310 e. The summed E-state index contributed by atoms with van der Waals surface area (Å²) in [6.07, 6.45) is 3.94. The monoisotopic (exact) mass is 320 g/mol. The molecule has 0 unspecified atom stereocenters. The lowest BCUT2D eigenvalue weighted by molar-refractivity contribution is -0.0592. The van der Waals surface area contributed by atoms with Gasteiger partial charge in [0.15, 0.2) is 0 Å². The van der Waals surface area contributed by atoms with Crippen molar-refractivity contribution in [2.75, 3.05) is 32.4 Å². The molecule has 0 spiro atoms. The SMILES string of the molecule is CCNC1(CNN(C)N2CCSc3ccccc3C2)CCC1. The first-order chi connectivity index (χ1) is 10.7. The Labute approximate surface area is 138 Å². The molecule has 0 amide bonds. The second kappa shape index (κ2) is 7.32. The molecule has 1 aromatic rings. The summed E-state index contributed by atoms with van der Waals surface area (Å²) in [6, 6.07) is 8.77. The third kappa shape index (κ3) is 3.66. The van der Waals surface area contributed by atoms with Gasteiger partial charge in [-0.05, 0) is 37.4 Å².